The Morgan fingerprint density at radius 2 is 2.26 bits per heavy atom. The Morgan fingerprint density at radius 3 is 2.96 bits per heavy atom. The van der Waals surface area contributed by atoms with Crippen LogP contribution in [0.1, 0.15) is 39.0 Å². The summed E-state index contributed by atoms with van der Waals surface area (Å²) >= 11 is 0. The van der Waals surface area contributed by atoms with Crippen LogP contribution in [-0.4, -0.2) is 40.0 Å². The van der Waals surface area contributed by atoms with Crippen molar-refractivity contribution in [3.8, 4) is 18.0 Å². The van der Waals surface area contributed by atoms with Crippen molar-refractivity contribution < 1.29 is 14.3 Å². The van der Waals surface area contributed by atoms with Gasteiger partial charge in [0, 0.05) is 12.6 Å². The van der Waals surface area contributed by atoms with E-state index < -0.39 is 5.97 Å². The van der Waals surface area contributed by atoms with Gasteiger partial charge in [0.05, 0.1) is 30.1 Å². The van der Waals surface area contributed by atoms with E-state index in [1.165, 1.54) is 11.2 Å². The van der Waals surface area contributed by atoms with Crippen LogP contribution in [0.2, 0.25) is 0 Å². The molecule has 0 aliphatic carbocycles. The van der Waals surface area contributed by atoms with Crippen molar-refractivity contribution in [3.05, 3.63) is 47.0 Å². The first-order valence-electron chi connectivity index (χ1n) is 7.16. The highest BCUT2D eigenvalue weighted by Gasteiger charge is 2.28. The van der Waals surface area contributed by atoms with E-state index in [0.717, 1.165) is 0 Å². The van der Waals surface area contributed by atoms with Crippen molar-refractivity contribution in [2.24, 2.45) is 0 Å². The number of amides is 1. The van der Waals surface area contributed by atoms with Crippen LogP contribution in [0.5, 0.6) is 0 Å². The molecule has 2 aromatic rings. The molecule has 1 amide bonds. The Bertz CT molecular complexity index is 845. The van der Waals surface area contributed by atoms with Crippen molar-refractivity contribution >= 4 is 11.9 Å². The van der Waals surface area contributed by atoms with Gasteiger partial charge < -0.3 is 9.64 Å². The maximum absolute atomic E-state index is 12.6. The van der Waals surface area contributed by atoms with Gasteiger partial charge in [-0.25, -0.2) is 9.78 Å². The van der Waals surface area contributed by atoms with Crippen molar-refractivity contribution in [2.75, 3.05) is 13.7 Å². The van der Waals surface area contributed by atoms with Crippen LogP contribution < -0.4 is 0 Å². The number of rotatable bonds is 2. The molecule has 1 aromatic heterocycles. The summed E-state index contributed by atoms with van der Waals surface area (Å²) in [5.41, 5.74) is 2.59. The van der Waals surface area contributed by atoms with Gasteiger partial charge in [-0.3, -0.25) is 9.36 Å². The van der Waals surface area contributed by atoms with E-state index >= 15 is 0 Å². The molecule has 0 bridgehead atoms. The van der Waals surface area contributed by atoms with Gasteiger partial charge in [0.1, 0.15) is 6.33 Å². The Kier molecular flexibility index (Phi) is 3.62. The SMILES string of the molecule is C#Cc1ccc2c(c1)C(=O)N(C)Cc1c(C(=O)OCC)ncn1-2. The predicted molar refractivity (Wildman–Crippen MR) is 83.3 cm³/mol. The fraction of sp³-hybridized carbons (Fsp3) is 0.235. The minimum absolute atomic E-state index is 0.157. The molecule has 1 aliphatic heterocycles. The monoisotopic (exact) mass is 309 g/mol. The Morgan fingerprint density at radius 1 is 1.48 bits per heavy atom. The minimum atomic E-state index is -0.495. The smallest absolute Gasteiger partial charge is 0.358 e. The largest absolute Gasteiger partial charge is 0.461 e. The molecule has 116 valence electrons. The zero-order valence-corrected chi connectivity index (χ0v) is 12.9. The van der Waals surface area contributed by atoms with Crippen molar-refractivity contribution in [2.45, 2.75) is 13.5 Å². The number of carbonyl (C=O) groups excluding carboxylic acids is 2. The highest BCUT2D eigenvalue weighted by molar-refractivity contribution is 5.99. The van der Waals surface area contributed by atoms with Gasteiger partial charge in [-0.2, -0.15) is 0 Å². The first-order valence-corrected chi connectivity index (χ1v) is 7.16. The summed E-state index contributed by atoms with van der Waals surface area (Å²) in [6.45, 7) is 2.26. The average Bonchev–Trinajstić information content (AvgIpc) is 2.93. The lowest BCUT2D eigenvalue weighted by Crippen LogP contribution is -2.26. The second-order valence-electron chi connectivity index (χ2n) is 5.17. The number of aromatic nitrogens is 2. The molecule has 6 nitrogen and oxygen atoms in total. The van der Waals surface area contributed by atoms with Crippen LogP contribution >= 0.6 is 0 Å². The molecular weight excluding hydrogens is 294 g/mol. The van der Waals surface area contributed by atoms with E-state index in [4.69, 9.17) is 11.2 Å². The van der Waals surface area contributed by atoms with E-state index in [-0.39, 0.29) is 24.8 Å². The Hall–Kier alpha value is -3.07. The topological polar surface area (TPSA) is 64.4 Å². The number of benzene rings is 1. The van der Waals surface area contributed by atoms with Gasteiger partial charge in [-0.15, -0.1) is 6.42 Å². The molecular formula is C17H15N3O3. The van der Waals surface area contributed by atoms with E-state index in [0.29, 0.717) is 22.5 Å². The van der Waals surface area contributed by atoms with Gasteiger partial charge >= 0.3 is 5.97 Å². The lowest BCUT2D eigenvalue weighted by Gasteiger charge is -2.14. The number of hydrogen-bond acceptors (Lipinski definition) is 4. The van der Waals surface area contributed by atoms with Crippen LogP contribution in [0.15, 0.2) is 24.5 Å². The maximum Gasteiger partial charge on any atom is 0.358 e. The number of nitrogens with zero attached hydrogens (tertiary/aromatic N) is 3. The van der Waals surface area contributed by atoms with Crippen molar-refractivity contribution in [3.63, 3.8) is 0 Å². The van der Waals surface area contributed by atoms with E-state index in [1.54, 1.807) is 36.7 Å². The van der Waals surface area contributed by atoms with Crippen LogP contribution in [-0.2, 0) is 11.3 Å². The van der Waals surface area contributed by atoms with E-state index in [9.17, 15) is 9.59 Å². The van der Waals surface area contributed by atoms with E-state index in [2.05, 4.69) is 10.9 Å². The summed E-state index contributed by atoms with van der Waals surface area (Å²) in [5.74, 6) is 1.88. The summed E-state index contributed by atoms with van der Waals surface area (Å²) in [5, 5.41) is 0. The van der Waals surface area contributed by atoms with Gasteiger partial charge in [0.25, 0.3) is 5.91 Å². The number of ether oxygens (including phenoxy) is 1. The molecule has 0 saturated carbocycles. The van der Waals surface area contributed by atoms with Crippen LogP contribution in [0.4, 0.5) is 0 Å². The second kappa shape index (κ2) is 5.61. The molecule has 0 N–H and O–H groups in total. The maximum atomic E-state index is 12.6. The van der Waals surface area contributed by atoms with Crippen LogP contribution in [0.25, 0.3) is 5.69 Å². The molecule has 0 atom stereocenters. The quantitative estimate of drug-likeness (QED) is 0.624. The third kappa shape index (κ3) is 2.36. The fourth-order valence-electron chi connectivity index (χ4n) is 2.61. The summed E-state index contributed by atoms with van der Waals surface area (Å²) in [6, 6.07) is 5.19. The Labute approximate surface area is 133 Å². The standard InChI is InChI=1S/C17H15N3O3/c1-4-11-6-7-13-12(8-11)16(21)19(3)9-14-15(17(22)23-5-2)18-10-20(13)14/h1,6-8,10H,5,9H2,2-3H3. The fourth-order valence-corrected chi connectivity index (χ4v) is 2.61. The lowest BCUT2D eigenvalue weighted by atomic mass is 10.1. The molecule has 0 spiro atoms. The molecule has 3 rings (SSSR count). The molecule has 0 fully saturated rings. The summed E-state index contributed by atoms with van der Waals surface area (Å²) in [4.78, 5) is 30.3. The van der Waals surface area contributed by atoms with Crippen molar-refractivity contribution in [1.29, 1.82) is 0 Å². The highest BCUT2D eigenvalue weighted by atomic mass is 16.5. The first kappa shape index (κ1) is 14.9. The third-order valence-electron chi connectivity index (χ3n) is 3.72. The zero-order chi connectivity index (χ0) is 16.6. The van der Waals surface area contributed by atoms with Crippen molar-refractivity contribution in [1.82, 2.24) is 14.5 Å². The number of terminal acetylenes is 1. The number of carbonyl (C=O) groups is 2. The number of hydrogen-bond donors (Lipinski definition) is 0. The molecule has 0 saturated heterocycles. The average molecular weight is 309 g/mol. The van der Waals surface area contributed by atoms with E-state index in [1.807, 2.05) is 0 Å². The Balaban J connectivity index is 2.21. The molecule has 6 heteroatoms. The molecule has 0 radical (unpaired) electrons. The summed E-state index contributed by atoms with van der Waals surface area (Å²) in [6.07, 6.45) is 6.95. The van der Waals surface area contributed by atoms with Gasteiger partial charge in [0.2, 0.25) is 0 Å². The highest BCUT2D eigenvalue weighted by Crippen LogP contribution is 2.26. The van der Waals surface area contributed by atoms with Crippen LogP contribution in [0.3, 0.4) is 0 Å². The number of esters is 1. The molecule has 1 aliphatic rings. The predicted octanol–water partition coefficient (Wildman–Crippen LogP) is 1.62. The molecule has 0 unspecified atom stereocenters. The normalized spacial score (nSPS) is 12.9. The van der Waals surface area contributed by atoms with Gasteiger partial charge in [-0.05, 0) is 25.1 Å². The zero-order valence-electron chi connectivity index (χ0n) is 12.9. The second-order valence-corrected chi connectivity index (χ2v) is 5.17. The minimum Gasteiger partial charge on any atom is -0.461 e. The first-order chi connectivity index (χ1) is 11.1. The lowest BCUT2D eigenvalue weighted by molar-refractivity contribution is 0.0516. The molecule has 1 aromatic carbocycles. The molecule has 2 heterocycles. The van der Waals surface area contributed by atoms with Gasteiger partial charge in [0.15, 0.2) is 5.69 Å². The van der Waals surface area contributed by atoms with Crippen LogP contribution in [0, 0.1) is 12.3 Å². The summed E-state index contributed by atoms with van der Waals surface area (Å²) in [7, 11) is 1.67. The third-order valence-corrected chi connectivity index (χ3v) is 3.72. The number of fused-ring (bicyclic) bond motifs is 3. The molecule has 23 heavy (non-hydrogen) atoms. The number of imidazole rings is 1. The summed E-state index contributed by atoms with van der Waals surface area (Å²) < 4.78 is 6.77. The van der Waals surface area contributed by atoms with Gasteiger partial charge in [-0.1, -0.05) is 5.92 Å².